The summed E-state index contributed by atoms with van der Waals surface area (Å²) in [6.45, 7) is 0. The molecule has 0 spiro atoms. The molecular weight excluding hydrogens is 262 g/mol. The molecule has 0 aliphatic heterocycles. The van der Waals surface area contributed by atoms with Gasteiger partial charge in [0, 0.05) is 25.3 Å². The fourth-order valence-corrected chi connectivity index (χ4v) is 2.11. The van der Waals surface area contributed by atoms with E-state index in [4.69, 9.17) is 11.6 Å². The predicted molar refractivity (Wildman–Crippen MR) is 76.5 cm³/mol. The van der Waals surface area contributed by atoms with Crippen molar-refractivity contribution in [2.24, 2.45) is 0 Å². The van der Waals surface area contributed by atoms with Crippen LogP contribution in [0.15, 0.2) is 30.5 Å². The van der Waals surface area contributed by atoms with E-state index in [-0.39, 0.29) is 5.28 Å². The molecule has 19 heavy (non-hydrogen) atoms. The van der Waals surface area contributed by atoms with Crippen molar-refractivity contribution in [2.75, 3.05) is 19.0 Å². The van der Waals surface area contributed by atoms with Crippen LogP contribution in [-0.2, 0) is 0 Å². The topological polar surface area (TPSA) is 57.7 Å². The average Bonchev–Trinajstić information content (AvgIpc) is 2.85. The second-order valence-corrected chi connectivity index (χ2v) is 4.75. The molecule has 0 unspecified atom stereocenters. The van der Waals surface area contributed by atoms with E-state index in [2.05, 4.69) is 20.2 Å². The molecular formula is C13H12ClN5. The van der Waals surface area contributed by atoms with E-state index in [0.29, 0.717) is 5.65 Å². The van der Waals surface area contributed by atoms with Gasteiger partial charge in [-0.2, -0.15) is 10.1 Å². The molecule has 0 atom stereocenters. The zero-order valence-corrected chi connectivity index (χ0v) is 11.3. The minimum Gasteiger partial charge on any atom is -0.378 e. The molecule has 0 aliphatic rings. The van der Waals surface area contributed by atoms with E-state index in [1.165, 1.54) is 0 Å². The Labute approximate surface area is 115 Å². The molecule has 0 amide bonds. The first-order valence-corrected chi connectivity index (χ1v) is 6.17. The summed E-state index contributed by atoms with van der Waals surface area (Å²) in [5.41, 5.74) is 3.55. The van der Waals surface area contributed by atoms with Crippen LogP contribution in [0.3, 0.4) is 0 Å². The van der Waals surface area contributed by atoms with Gasteiger partial charge in [-0.3, -0.25) is 5.10 Å². The molecule has 5 nitrogen and oxygen atoms in total. The normalized spacial score (nSPS) is 10.9. The second-order valence-electron chi connectivity index (χ2n) is 4.41. The maximum atomic E-state index is 5.93. The van der Waals surface area contributed by atoms with E-state index in [1.807, 2.05) is 43.3 Å². The van der Waals surface area contributed by atoms with Gasteiger partial charge in [-0.25, -0.2) is 4.98 Å². The highest BCUT2D eigenvalue weighted by Gasteiger charge is 2.10. The van der Waals surface area contributed by atoms with Crippen LogP contribution in [0.4, 0.5) is 5.69 Å². The van der Waals surface area contributed by atoms with Gasteiger partial charge in [0.15, 0.2) is 5.65 Å². The Morgan fingerprint density at radius 1 is 1.11 bits per heavy atom. The monoisotopic (exact) mass is 273 g/mol. The SMILES string of the molecule is CN(C)c1ccc(-c2nc(Cl)nc3[nH]ncc23)cc1. The largest absolute Gasteiger partial charge is 0.378 e. The molecule has 1 N–H and O–H groups in total. The number of rotatable bonds is 2. The third-order valence-electron chi connectivity index (χ3n) is 2.94. The summed E-state index contributed by atoms with van der Waals surface area (Å²) in [4.78, 5) is 10.4. The Kier molecular flexibility index (Phi) is 2.83. The molecule has 0 radical (unpaired) electrons. The number of aromatic amines is 1. The van der Waals surface area contributed by atoms with Gasteiger partial charge in [-0.15, -0.1) is 0 Å². The first-order valence-electron chi connectivity index (χ1n) is 5.79. The van der Waals surface area contributed by atoms with Crippen molar-refractivity contribution >= 4 is 28.3 Å². The number of nitrogens with one attached hydrogen (secondary N) is 1. The highest BCUT2D eigenvalue weighted by Crippen LogP contribution is 2.27. The van der Waals surface area contributed by atoms with Crippen molar-refractivity contribution < 1.29 is 0 Å². The van der Waals surface area contributed by atoms with E-state index in [0.717, 1.165) is 22.3 Å². The van der Waals surface area contributed by atoms with Crippen LogP contribution in [0.25, 0.3) is 22.3 Å². The molecule has 0 saturated carbocycles. The highest BCUT2D eigenvalue weighted by atomic mass is 35.5. The highest BCUT2D eigenvalue weighted by molar-refractivity contribution is 6.28. The number of hydrogen-bond donors (Lipinski definition) is 1. The van der Waals surface area contributed by atoms with Gasteiger partial charge in [-0.1, -0.05) is 12.1 Å². The van der Waals surface area contributed by atoms with Crippen LogP contribution >= 0.6 is 11.6 Å². The third kappa shape index (κ3) is 2.13. The van der Waals surface area contributed by atoms with Crippen LogP contribution in [0, 0.1) is 0 Å². The van der Waals surface area contributed by atoms with Crippen LogP contribution in [0.5, 0.6) is 0 Å². The summed E-state index contributed by atoms with van der Waals surface area (Å²) in [7, 11) is 4.01. The third-order valence-corrected chi connectivity index (χ3v) is 3.11. The van der Waals surface area contributed by atoms with Crippen molar-refractivity contribution in [2.45, 2.75) is 0 Å². The zero-order chi connectivity index (χ0) is 13.4. The molecule has 0 saturated heterocycles. The second kappa shape index (κ2) is 4.51. The first kappa shape index (κ1) is 11.9. The van der Waals surface area contributed by atoms with Crippen molar-refractivity contribution in [1.82, 2.24) is 20.2 Å². The number of halogens is 1. The zero-order valence-electron chi connectivity index (χ0n) is 10.6. The number of anilines is 1. The van der Waals surface area contributed by atoms with Crippen LogP contribution < -0.4 is 4.90 Å². The number of fused-ring (bicyclic) bond motifs is 1. The Bertz CT molecular complexity index is 717. The Morgan fingerprint density at radius 3 is 2.53 bits per heavy atom. The molecule has 0 fully saturated rings. The molecule has 96 valence electrons. The maximum Gasteiger partial charge on any atom is 0.224 e. The molecule has 0 bridgehead atoms. The quantitative estimate of drug-likeness (QED) is 0.730. The standard InChI is InChI=1S/C13H12ClN5/c1-19(2)9-5-3-8(4-6-9)11-10-7-15-18-12(10)17-13(14)16-11/h3-7H,1-2H3,(H,15,16,17,18). The van der Waals surface area contributed by atoms with E-state index in [1.54, 1.807) is 6.20 Å². The number of H-pyrrole nitrogens is 1. The summed E-state index contributed by atoms with van der Waals surface area (Å²) in [5.74, 6) is 0. The van der Waals surface area contributed by atoms with Gasteiger partial charge in [0.2, 0.25) is 5.28 Å². The average molecular weight is 274 g/mol. The van der Waals surface area contributed by atoms with Crippen molar-refractivity contribution in [3.63, 3.8) is 0 Å². The van der Waals surface area contributed by atoms with E-state index >= 15 is 0 Å². The Hall–Kier alpha value is -2.14. The minimum atomic E-state index is 0.212. The van der Waals surface area contributed by atoms with Gasteiger partial charge in [-0.05, 0) is 23.7 Å². The lowest BCUT2D eigenvalue weighted by molar-refractivity contribution is 1.09. The molecule has 0 aliphatic carbocycles. The summed E-state index contributed by atoms with van der Waals surface area (Å²) in [6, 6.07) is 8.11. The van der Waals surface area contributed by atoms with Crippen LogP contribution in [0.2, 0.25) is 5.28 Å². The number of nitrogens with zero attached hydrogens (tertiary/aromatic N) is 4. The molecule has 3 rings (SSSR count). The molecule has 2 heterocycles. The van der Waals surface area contributed by atoms with Crippen LogP contribution in [0.1, 0.15) is 0 Å². The fourth-order valence-electron chi connectivity index (χ4n) is 1.95. The van der Waals surface area contributed by atoms with Gasteiger partial charge in [0.05, 0.1) is 17.3 Å². The van der Waals surface area contributed by atoms with Gasteiger partial charge in [0.1, 0.15) is 0 Å². The van der Waals surface area contributed by atoms with E-state index < -0.39 is 0 Å². The minimum absolute atomic E-state index is 0.212. The number of benzene rings is 1. The Morgan fingerprint density at radius 2 is 1.84 bits per heavy atom. The lowest BCUT2D eigenvalue weighted by atomic mass is 10.1. The maximum absolute atomic E-state index is 5.93. The fraction of sp³-hybridized carbons (Fsp3) is 0.154. The molecule has 3 aromatic rings. The van der Waals surface area contributed by atoms with Crippen LogP contribution in [-0.4, -0.2) is 34.3 Å². The van der Waals surface area contributed by atoms with Crippen molar-refractivity contribution in [3.8, 4) is 11.3 Å². The summed E-state index contributed by atoms with van der Waals surface area (Å²) in [5, 5.41) is 7.86. The lowest BCUT2D eigenvalue weighted by Gasteiger charge is -2.12. The van der Waals surface area contributed by atoms with Gasteiger partial charge in [0.25, 0.3) is 0 Å². The number of aromatic nitrogens is 4. The van der Waals surface area contributed by atoms with Gasteiger partial charge >= 0.3 is 0 Å². The van der Waals surface area contributed by atoms with E-state index in [9.17, 15) is 0 Å². The predicted octanol–water partition coefficient (Wildman–Crippen LogP) is 2.74. The molecule has 6 heteroatoms. The van der Waals surface area contributed by atoms with Gasteiger partial charge < -0.3 is 4.90 Å². The summed E-state index contributed by atoms with van der Waals surface area (Å²) in [6.07, 6.45) is 1.71. The lowest BCUT2D eigenvalue weighted by Crippen LogP contribution is -2.07. The molecule has 2 aromatic heterocycles. The molecule has 1 aromatic carbocycles. The number of hydrogen-bond acceptors (Lipinski definition) is 4. The first-order chi connectivity index (χ1) is 9.15. The van der Waals surface area contributed by atoms with Crippen molar-refractivity contribution in [3.05, 3.63) is 35.7 Å². The summed E-state index contributed by atoms with van der Waals surface area (Å²) >= 11 is 5.93. The Balaban J connectivity index is 2.15. The smallest absolute Gasteiger partial charge is 0.224 e. The van der Waals surface area contributed by atoms with Crippen molar-refractivity contribution in [1.29, 1.82) is 0 Å². The summed E-state index contributed by atoms with van der Waals surface area (Å²) < 4.78 is 0.